The molecule has 1 saturated heterocycles. The Morgan fingerprint density at radius 1 is 1.50 bits per heavy atom. The number of piperidine rings is 1. The highest BCUT2D eigenvalue weighted by Gasteiger charge is 2.30. The predicted molar refractivity (Wildman–Crippen MR) is 98.7 cm³/mol. The van der Waals surface area contributed by atoms with Gasteiger partial charge in [0.15, 0.2) is 11.5 Å². The van der Waals surface area contributed by atoms with Gasteiger partial charge in [-0.25, -0.2) is 4.98 Å². The zero-order valence-corrected chi connectivity index (χ0v) is 15.6. The van der Waals surface area contributed by atoms with Crippen molar-refractivity contribution in [1.82, 2.24) is 15.2 Å². The number of aryl methyl sites for hydroxylation is 1. The van der Waals surface area contributed by atoms with Gasteiger partial charge in [-0.1, -0.05) is 6.07 Å². The van der Waals surface area contributed by atoms with Gasteiger partial charge < -0.3 is 20.3 Å². The fraction of sp³-hybridized carbons (Fsp3) is 0.444. The molecule has 1 fully saturated rings. The molecule has 1 aromatic heterocycles. The monoisotopic (exact) mass is 377 g/mol. The molecule has 0 bridgehead atoms. The number of ether oxygens (including phenoxy) is 1. The summed E-state index contributed by atoms with van der Waals surface area (Å²) in [5, 5.41) is 26.4. The third-order valence-corrected chi connectivity index (χ3v) is 5.32. The van der Waals surface area contributed by atoms with Gasteiger partial charge in [0.25, 0.3) is 5.91 Å². The lowest BCUT2D eigenvalue weighted by atomic mass is 10.0. The van der Waals surface area contributed by atoms with Crippen LogP contribution in [-0.2, 0) is 6.54 Å². The van der Waals surface area contributed by atoms with E-state index in [-0.39, 0.29) is 23.1 Å². The zero-order valence-electron chi connectivity index (χ0n) is 14.8. The van der Waals surface area contributed by atoms with Crippen LogP contribution in [-0.4, -0.2) is 58.3 Å². The molecule has 7 nitrogen and oxygen atoms in total. The van der Waals surface area contributed by atoms with Crippen LogP contribution in [0, 0.1) is 6.92 Å². The Morgan fingerprint density at radius 2 is 2.31 bits per heavy atom. The number of methoxy groups -OCH3 is 1. The average Bonchev–Trinajstić information content (AvgIpc) is 3.02. The summed E-state index contributed by atoms with van der Waals surface area (Å²) in [6.45, 7) is 3.88. The number of aliphatic hydroxyl groups is 1. The molecule has 0 radical (unpaired) electrons. The number of amides is 1. The maximum atomic E-state index is 12.5. The summed E-state index contributed by atoms with van der Waals surface area (Å²) >= 11 is 1.61. The summed E-state index contributed by atoms with van der Waals surface area (Å²) in [5.74, 6) is -0.376. The molecule has 2 heterocycles. The highest BCUT2D eigenvalue weighted by atomic mass is 32.1. The molecule has 3 N–H and O–H groups in total. The van der Waals surface area contributed by atoms with E-state index in [4.69, 9.17) is 4.74 Å². The molecule has 0 spiro atoms. The SMILES string of the molecule is COc1cccc(C(=O)N[C@@H]2CCN(Cc3csc(C)n3)C[C@H]2O)c1O. The number of phenolic OH excluding ortho intramolecular Hbond substituents is 1. The molecule has 0 saturated carbocycles. The van der Waals surface area contributed by atoms with Crippen LogP contribution < -0.4 is 10.1 Å². The third kappa shape index (κ3) is 4.14. The number of hydrogen-bond acceptors (Lipinski definition) is 7. The van der Waals surface area contributed by atoms with Crippen LogP contribution in [0.4, 0.5) is 0 Å². The van der Waals surface area contributed by atoms with Crippen molar-refractivity contribution < 1.29 is 19.7 Å². The fourth-order valence-electron chi connectivity index (χ4n) is 3.14. The standard InChI is InChI=1S/C18H23N3O4S/c1-11-19-12(10-26-11)8-21-7-6-14(15(22)9-21)20-18(24)13-4-3-5-16(25-2)17(13)23/h3-5,10,14-15,22-23H,6-9H2,1-2H3,(H,20,24)/t14-,15-/m1/s1. The molecule has 1 amide bonds. The molecule has 0 aliphatic carbocycles. The molecule has 2 atom stereocenters. The van der Waals surface area contributed by atoms with Crippen molar-refractivity contribution in [2.75, 3.05) is 20.2 Å². The molecule has 0 unspecified atom stereocenters. The number of benzene rings is 1. The van der Waals surface area contributed by atoms with E-state index in [1.54, 1.807) is 23.5 Å². The maximum absolute atomic E-state index is 12.5. The number of rotatable bonds is 5. The summed E-state index contributed by atoms with van der Waals surface area (Å²) < 4.78 is 5.03. The van der Waals surface area contributed by atoms with E-state index in [1.807, 2.05) is 12.3 Å². The summed E-state index contributed by atoms with van der Waals surface area (Å²) in [4.78, 5) is 19.0. The van der Waals surface area contributed by atoms with E-state index in [2.05, 4.69) is 15.2 Å². The van der Waals surface area contributed by atoms with E-state index < -0.39 is 12.0 Å². The van der Waals surface area contributed by atoms with Gasteiger partial charge in [0.2, 0.25) is 0 Å². The third-order valence-electron chi connectivity index (χ3n) is 4.50. The van der Waals surface area contributed by atoms with E-state index >= 15 is 0 Å². The molecule has 8 heteroatoms. The first-order valence-electron chi connectivity index (χ1n) is 8.46. The predicted octanol–water partition coefficient (Wildman–Crippen LogP) is 1.53. The second-order valence-electron chi connectivity index (χ2n) is 6.39. The van der Waals surface area contributed by atoms with E-state index in [0.29, 0.717) is 19.5 Å². The number of para-hydroxylation sites is 1. The second-order valence-corrected chi connectivity index (χ2v) is 7.45. The minimum Gasteiger partial charge on any atom is -0.504 e. The molecule has 2 aromatic rings. The van der Waals surface area contributed by atoms with Gasteiger partial charge in [-0.3, -0.25) is 9.69 Å². The molecule has 1 aliphatic heterocycles. The Kier molecular flexibility index (Phi) is 5.75. The van der Waals surface area contributed by atoms with Crippen LogP contribution in [0.5, 0.6) is 11.5 Å². The number of aliphatic hydroxyl groups excluding tert-OH is 1. The maximum Gasteiger partial charge on any atom is 0.255 e. The van der Waals surface area contributed by atoms with Gasteiger partial charge >= 0.3 is 0 Å². The Balaban J connectivity index is 1.59. The zero-order chi connectivity index (χ0) is 18.7. The number of thiazole rings is 1. The highest BCUT2D eigenvalue weighted by molar-refractivity contribution is 7.09. The Bertz CT molecular complexity index is 780. The van der Waals surface area contributed by atoms with Crippen molar-refractivity contribution in [3.8, 4) is 11.5 Å². The van der Waals surface area contributed by atoms with Gasteiger partial charge in [0.05, 0.1) is 35.5 Å². The van der Waals surface area contributed by atoms with Crippen molar-refractivity contribution in [2.45, 2.75) is 32.0 Å². The molecular formula is C18H23N3O4S. The van der Waals surface area contributed by atoms with Gasteiger partial charge in [0, 0.05) is 25.0 Å². The largest absolute Gasteiger partial charge is 0.504 e. The van der Waals surface area contributed by atoms with Gasteiger partial charge in [-0.2, -0.15) is 0 Å². The molecule has 1 aliphatic rings. The molecule has 26 heavy (non-hydrogen) atoms. The first-order valence-corrected chi connectivity index (χ1v) is 9.34. The van der Waals surface area contributed by atoms with Crippen LogP contribution in [0.2, 0.25) is 0 Å². The first-order chi connectivity index (χ1) is 12.5. The average molecular weight is 377 g/mol. The number of aromatic nitrogens is 1. The quantitative estimate of drug-likeness (QED) is 0.732. The number of likely N-dealkylation sites (tertiary alicyclic amines) is 1. The van der Waals surface area contributed by atoms with Crippen molar-refractivity contribution >= 4 is 17.2 Å². The number of nitrogens with zero attached hydrogens (tertiary/aromatic N) is 2. The van der Waals surface area contributed by atoms with Crippen LogP contribution in [0.25, 0.3) is 0 Å². The minimum absolute atomic E-state index is 0.136. The summed E-state index contributed by atoms with van der Waals surface area (Å²) in [5.41, 5.74) is 1.14. The normalized spacial score (nSPS) is 20.7. The van der Waals surface area contributed by atoms with Crippen LogP contribution in [0.3, 0.4) is 0 Å². The van der Waals surface area contributed by atoms with Crippen LogP contribution in [0.1, 0.15) is 27.5 Å². The molecule has 1 aromatic carbocycles. The van der Waals surface area contributed by atoms with Crippen LogP contribution in [0.15, 0.2) is 23.6 Å². The van der Waals surface area contributed by atoms with Crippen molar-refractivity contribution in [3.05, 3.63) is 39.8 Å². The van der Waals surface area contributed by atoms with Gasteiger partial charge in [-0.05, 0) is 25.5 Å². The summed E-state index contributed by atoms with van der Waals surface area (Å²) in [6, 6.07) is 4.39. The minimum atomic E-state index is -0.680. The van der Waals surface area contributed by atoms with Crippen molar-refractivity contribution in [3.63, 3.8) is 0 Å². The second kappa shape index (κ2) is 8.03. The van der Waals surface area contributed by atoms with E-state index in [0.717, 1.165) is 17.2 Å². The van der Waals surface area contributed by atoms with Crippen molar-refractivity contribution in [1.29, 1.82) is 0 Å². The van der Waals surface area contributed by atoms with Gasteiger partial charge in [-0.15, -0.1) is 11.3 Å². The lowest BCUT2D eigenvalue weighted by molar-refractivity contribution is 0.0345. The van der Waals surface area contributed by atoms with Crippen LogP contribution >= 0.6 is 11.3 Å². The number of nitrogens with one attached hydrogen (secondary N) is 1. The number of β-amino-alcohol motifs (C(OH)–C–C–N with tert-alkyl or cyclic N) is 1. The first kappa shape index (κ1) is 18.6. The van der Waals surface area contributed by atoms with E-state index in [1.165, 1.54) is 13.2 Å². The Hall–Kier alpha value is -2.16. The Morgan fingerprint density at radius 3 is 2.96 bits per heavy atom. The number of aromatic hydroxyl groups is 1. The Labute approximate surface area is 156 Å². The lowest BCUT2D eigenvalue weighted by Crippen LogP contribution is -2.53. The molecule has 3 rings (SSSR count). The number of carbonyl (C=O) groups is 1. The highest BCUT2D eigenvalue weighted by Crippen LogP contribution is 2.29. The van der Waals surface area contributed by atoms with Gasteiger partial charge in [0.1, 0.15) is 0 Å². The summed E-state index contributed by atoms with van der Waals surface area (Å²) in [7, 11) is 1.43. The number of carbonyl (C=O) groups excluding carboxylic acids is 1. The lowest BCUT2D eigenvalue weighted by Gasteiger charge is -2.36. The number of hydrogen-bond donors (Lipinski definition) is 3. The molecule has 140 valence electrons. The number of phenols is 1. The molecular weight excluding hydrogens is 354 g/mol. The van der Waals surface area contributed by atoms with E-state index in [9.17, 15) is 15.0 Å². The fourth-order valence-corrected chi connectivity index (χ4v) is 3.74. The smallest absolute Gasteiger partial charge is 0.255 e. The van der Waals surface area contributed by atoms with Crippen molar-refractivity contribution in [2.24, 2.45) is 0 Å². The summed E-state index contributed by atoms with van der Waals surface area (Å²) in [6.07, 6.45) is -0.0546. The topological polar surface area (TPSA) is 94.9 Å².